The van der Waals surface area contributed by atoms with Crippen molar-refractivity contribution in [3.63, 3.8) is 0 Å². The lowest BCUT2D eigenvalue weighted by atomic mass is 10.1. The third-order valence-corrected chi connectivity index (χ3v) is 2.39. The predicted molar refractivity (Wildman–Crippen MR) is 70.8 cm³/mol. The van der Waals surface area contributed by atoms with Crippen molar-refractivity contribution < 1.29 is 4.74 Å². The molecule has 0 heterocycles. The highest BCUT2D eigenvalue weighted by Gasteiger charge is 1.96. The fourth-order valence-electron chi connectivity index (χ4n) is 1.34. The van der Waals surface area contributed by atoms with Gasteiger partial charge in [-0.15, -0.1) is 6.58 Å². The molecule has 0 spiro atoms. The molecule has 0 radical (unpaired) electrons. The highest BCUT2D eigenvalue weighted by Crippen LogP contribution is 2.13. The second kappa shape index (κ2) is 6.13. The molecular weight excluding hydrogens is 198 g/mol. The van der Waals surface area contributed by atoms with Crippen LogP contribution < -0.4 is 4.90 Å². The van der Waals surface area contributed by atoms with Crippen molar-refractivity contribution >= 4 is 11.8 Å². The third-order valence-electron chi connectivity index (χ3n) is 2.39. The van der Waals surface area contributed by atoms with E-state index in [0.29, 0.717) is 0 Å². The van der Waals surface area contributed by atoms with Crippen molar-refractivity contribution in [2.75, 3.05) is 26.1 Å². The van der Waals surface area contributed by atoms with Gasteiger partial charge in [-0.25, -0.2) is 0 Å². The summed E-state index contributed by atoms with van der Waals surface area (Å²) in [6.07, 6.45) is 5.77. The van der Waals surface area contributed by atoms with Crippen molar-refractivity contribution in [3.8, 4) is 0 Å². The van der Waals surface area contributed by atoms with E-state index in [0.717, 1.165) is 5.56 Å². The summed E-state index contributed by atoms with van der Waals surface area (Å²) in [5.74, 6) is 0. The Morgan fingerprint density at radius 2 is 1.88 bits per heavy atom. The molecule has 2 heteroatoms. The molecule has 1 rings (SSSR count). The number of hydrogen-bond acceptors (Lipinski definition) is 2. The lowest BCUT2D eigenvalue weighted by molar-refractivity contribution is 0.178. The van der Waals surface area contributed by atoms with Crippen molar-refractivity contribution in [2.24, 2.45) is 0 Å². The van der Waals surface area contributed by atoms with E-state index in [1.807, 2.05) is 26.2 Å². The van der Waals surface area contributed by atoms with Crippen LogP contribution in [0.3, 0.4) is 0 Å². The molecule has 86 valence electrons. The van der Waals surface area contributed by atoms with Crippen molar-refractivity contribution in [1.82, 2.24) is 0 Å². The standard InChI is InChI=1S/C14H19NO/c1-5-14(16-4)11-8-12-6-9-13(10-7-12)15(2)3/h5-11,14H,1H2,2-4H3/b11-8+. The van der Waals surface area contributed by atoms with Crippen LogP contribution in [0.15, 0.2) is 43.0 Å². The molecule has 0 aliphatic carbocycles. The Hall–Kier alpha value is -1.54. The highest BCUT2D eigenvalue weighted by atomic mass is 16.5. The van der Waals surface area contributed by atoms with E-state index in [9.17, 15) is 0 Å². The summed E-state index contributed by atoms with van der Waals surface area (Å²) in [4.78, 5) is 2.08. The first-order valence-electron chi connectivity index (χ1n) is 5.28. The molecule has 0 aliphatic heterocycles. The van der Waals surface area contributed by atoms with Gasteiger partial charge in [0.15, 0.2) is 0 Å². The Labute approximate surface area is 97.8 Å². The molecule has 0 bridgehead atoms. The van der Waals surface area contributed by atoms with E-state index < -0.39 is 0 Å². The SMILES string of the molecule is C=CC(/C=C/c1ccc(N(C)C)cc1)OC. The highest BCUT2D eigenvalue weighted by molar-refractivity contribution is 5.55. The van der Waals surface area contributed by atoms with Gasteiger partial charge < -0.3 is 9.64 Å². The topological polar surface area (TPSA) is 12.5 Å². The van der Waals surface area contributed by atoms with Gasteiger partial charge in [0.1, 0.15) is 0 Å². The van der Waals surface area contributed by atoms with E-state index in [1.54, 1.807) is 13.2 Å². The predicted octanol–water partition coefficient (Wildman–Crippen LogP) is 2.97. The molecular formula is C14H19NO. The summed E-state index contributed by atoms with van der Waals surface area (Å²) < 4.78 is 5.17. The fraction of sp³-hybridized carbons (Fsp3) is 0.286. The van der Waals surface area contributed by atoms with Crippen LogP contribution in [0.5, 0.6) is 0 Å². The first kappa shape index (κ1) is 12.5. The van der Waals surface area contributed by atoms with Crippen LogP contribution >= 0.6 is 0 Å². The molecule has 0 aromatic heterocycles. The molecule has 1 aromatic rings. The zero-order valence-electron chi connectivity index (χ0n) is 10.2. The second-order valence-corrected chi connectivity index (χ2v) is 3.78. The van der Waals surface area contributed by atoms with Gasteiger partial charge in [0.05, 0.1) is 6.10 Å². The summed E-state index contributed by atoms with van der Waals surface area (Å²) >= 11 is 0. The summed E-state index contributed by atoms with van der Waals surface area (Å²) in [6.45, 7) is 3.70. The van der Waals surface area contributed by atoms with Gasteiger partial charge in [-0.2, -0.15) is 0 Å². The number of nitrogens with zero attached hydrogens (tertiary/aromatic N) is 1. The zero-order valence-corrected chi connectivity index (χ0v) is 10.2. The number of benzene rings is 1. The van der Waals surface area contributed by atoms with Crippen molar-refractivity contribution in [3.05, 3.63) is 48.6 Å². The zero-order chi connectivity index (χ0) is 12.0. The Morgan fingerprint density at radius 1 is 1.25 bits per heavy atom. The number of methoxy groups -OCH3 is 1. The molecule has 1 atom stereocenters. The van der Waals surface area contributed by atoms with Gasteiger partial charge in [0, 0.05) is 26.9 Å². The Bertz CT molecular complexity index is 352. The van der Waals surface area contributed by atoms with Gasteiger partial charge in [-0.3, -0.25) is 0 Å². The van der Waals surface area contributed by atoms with Crippen LogP contribution in [-0.4, -0.2) is 27.3 Å². The Balaban J connectivity index is 2.71. The summed E-state index contributed by atoms with van der Waals surface area (Å²) in [5, 5.41) is 0. The van der Waals surface area contributed by atoms with Crippen LogP contribution in [0.2, 0.25) is 0 Å². The van der Waals surface area contributed by atoms with E-state index in [1.165, 1.54) is 5.69 Å². The first-order chi connectivity index (χ1) is 7.67. The fourth-order valence-corrected chi connectivity index (χ4v) is 1.34. The molecule has 0 fully saturated rings. The number of hydrogen-bond donors (Lipinski definition) is 0. The monoisotopic (exact) mass is 217 g/mol. The average Bonchev–Trinajstić information content (AvgIpc) is 2.31. The van der Waals surface area contributed by atoms with Crippen LogP contribution in [0.4, 0.5) is 5.69 Å². The van der Waals surface area contributed by atoms with Gasteiger partial charge in [-0.1, -0.05) is 30.4 Å². The van der Waals surface area contributed by atoms with Crippen molar-refractivity contribution in [1.29, 1.82) is 0 Å². The molecule has 0 saturated heterocycles. The smallest absolute Gasteiger partial charge is 0.0934 e. The van der Waals surface area contributed by atoms with Gasteiger partial charge >= 0.3 is 0 Å². The summed E-state index contributed by atoms with van der Waals surface area (Å²) in [7, 11) is 5.73. The summed E-state index contributed by atoms with van der Waals surface area (Å²) in [5.41, 5.74) is 2.36. The molecule has 1 unspecified atom stereocenters. The minimum atomic E-state index is -0.0199. The first-order valence-corrected chi connectivity index (χ1v) is 5.28. The van der Waals surface area contributed by atoms with Crippen molar-refractivity contribution in [2.45, 2.75) is 6.10 Å². The van der Waals surface area contributed by atoms with Gasteiger partial charge in [0.2, 0.25) is 0 Å². The average molecular weight is 217 g/mol. The molecule has 0 saturated carbocycles. The van der Waals surface area contributed by atoms with E-state index in [2.05, 4.69) is 35.7 Å². The van der Waals surface area contributed by atoms with Crippen LogP contribution in [0, 0.1) is 0 Å². The third kappa shape index (κ3) is 3.55. The Kier molecular flexibility index (Phi) is 4.80. The number of rotatable bonds is 5. The van der Waals surface area contributed by atoms with E-state index in [-0.39, 0.29) is 6.10 Å². The molecule has 0 N–H and O–H groups in total. The quantitative estimate of drug-likeness (QED) is 0.703. The Morgan fingerprint density at radius 3 is 2.31 bits per heavy atom. The molecule has 2 nitrogen and oxygen atoms in total. The van der Waals surface area contributed by atoms with Crippen LogP contribution in [0.25, 0.3) is 6.08 Å². The van der Waals surface area contributed by atoms with E-state index in [4.69, 9.17) is 4.74 Å². The van der Waals surface area contributed by atoms with Gasteiger partial charge in [-0.05, 0) is 17.7 Å². The van der Waals surface area contributed by atoms with Gasteiger partial charge in [0.25, 0.3) is 0 Å². The number of ether oxygens (including phenoxy) is 1. The largest absolute Gasteiger partial charge is 0.378 e. The van der Waals surface area contributed by atoms with Crippen LogP contribution in [0.1, 0.15) is 5.56 Å². The molecule has 16 heavy (non-hydrogen) atoms. The second-order valence-electron chi connectivity index (χ2n) is 3.78. The molecule has 0 aliphatic rings. The lowest BCUT2D eigenvalue weighted by Gasteiger charge is -2.11. The van der Waals surface area contributed by atoms with Crippen LogP contribution in [-0.2, 0) is 4.74 Å². The minimum Gasteiger partial charge on any atom is -0.378 e. The summed E-state index contributed by atoms with van der Waals surface area (Å²) in [6, 6.07) is 8.36. The maximum Gasteiger partial charge on any atom is 0.0934 e. The lowest BCUT2D eigenvalue weighted by Crippen LogP contribution is -2.07. The maximum absolute atomic E-state index is 5.17. The molecule has 1 aromatic carbocycles. The normalized spacial score (nSPS) is 12.7. The maximum atomic E-state index is 5.17. The molecule has 0 amide bonds. The number of anilines is 1. The van der Waals surface area contributed by atoms with E-state index >= 15 is 0 Å². The minimum absolute atomic E-state index is 0.0199.